The summed E-state index contributed by atoms with van der Waals surface area (Å²) in [6.45, 7) is 3.09. The first kappa shape index (κ1) is 13.7. The molecule has 19 heavy (non-hydrogen) atoms. The lowest BCUT2D eigenvalue weighted by atomic mass is 9.84. The molecule has 1 aromatic rings. The zero-order chi connectivity index (χ0) is 14.0. The molecule has 2 rings (SSSR count). The molecule has 0 spiro atoms. The summed E-state index contributed by atoms with van der Waals surface area (Å²) >= 11 is 6.01. The van der Waals surface area contributed by atoms with E-state index in [1.54, 1.807) is 12.1 Å². The van der Waals surface area contributed by atoms with Gasteiger partial charge in [-0.2, -0.15) is 5.26 Å². The lowest BCUT2D eigenvalue weighted by Crippen LogP contribution is -2.34. The molecular weight excluding hydrogens is 264 g/mol. The van der Waals surface area contributed by atoms with Crippen LogP contribution in [0.15, 0.2) is 18.2 Å². The minimum atomic E-state index is -0.739. The lowest BCUT2D eigenvalue weighted by Gasteiger charge is -2.24. The van der Waals surface area contributed by atoms with Gasteiger partial charge in [0, 0.05) is 18.8 Å². The van der Waals surface area contributed by atoms with Crippen molar-refractivity contribution in [3.63, 3.8) is 0 Å². The van der Waals surface area contributed by atoms with E-state index in [1.165, 1.54) is 0 Å². The fourth-order valence-corrected chi connectivity index (χ4v) is 2.72. The number of rotatable bonds is 3. The highest BCUT2D eigenvalue weighted by Gasteiger charge is 2.43. The number of carbonyl (C=O) groups is 1. The van der Waals surface area contributed by atoms with Crippen molar-refractivity contribution < 1.29 is 9.90 Å². The van der Waals surface area contributed by atoms with Gasteiger partial charge in [-0.3, -0.25) is 4.79 Å². The topological polar surface area (TPSA) is 64.3 Å². The molecule has 1 heterocycles. The van der Waals surface area contributed by atoms with E-state index in [1.807, 2.05) is 24.0 Å². The van der Waals surface area contributed by atoms with Crippen molar-refractivity contribution in [1.82, 2.24) is 0 Å². The quantitative estimate of drug-likeness (QED) is 0.923. The van der Waals surface area contributed by atoms with Gasteiger partial charge in [-0.05, 0) is 31.0 Å². The molecule has 1 unspecified atom stereocenters. The van der Waals surface area contributed by atoms with Crippen molar-refractivity contribution in [2.24, 2.45) is 5.41 Å². The summed E-state index contributed by atoms with van der Waals surface area (Å²) < 4.78 is 0. The molecule has 1 atom stereocenters. The Morgan fingerprint density at radius 2 is 2.37 bits per heavy atom. The molecule has 1 aliphatic heterocycles. The first-order valence-corrected chi connectivity index (χ1v) is 6.58. The second-order valence-electron chi connectivity index (χ2n) is 4.89. The van der Waals surface area contributed by atoms with Crippen LogP contribution in [0, 0.1) is 16.7 Å². The minimum Gasteiger partial charge on any atom is -0.481 e. The highest BCUT2D eigenvalue weighted by atomic mass is 35.5. The molecule has 5 heteroatoms. The maximum absolute atomic E-state index is 11.4. The number of carboxylic acids is 1. The van der Waals surface area contributed by atoms with Crippen LogP contribution in [0.4, 0.5) is 5.69 Å². The molecule has 1 aliphatic rings. The summed E-state index contributed by atoms with van der Waals surface area (Å²) in [6.07, 6.45) is 1.25. The fourth-order valence-electron chi connectivity index (χ4n) is 2.50. The van der Waals surface area contributed by atoms with Crippen molar-refractivity contribution in [3.05, 3.63) is 28.8 Å². The van der Waals surface area contributed by atoms with E-state index in [9.17, 15) is 9.90 Å². The average Bonchev–Trinajstić information content (AvgIpc) is 2.84. The zero-order valence-corrected chi connectivity index (χ0v) is 11.4. The van der Waals surface area contributed by atoms with Crippen LogP contribution < -0.4 is 4.90 Å². The Morgan fingerprint density at radius 1 is 1.63 bits per heavy atom. The van der Waals surface area contributed by atoms with Crippen molar-refractivity contribution in [3.8, 4) is 6.07 Å². The molecule has 0 aliphatic carbocycles. The van der Waals surface area contributed by atoms with Gasteiger partial charge in [0.05, 0.1) is 16.0 Å². The Bertz CT molecular complexity index is 553. The maximum Gasteiger partial charge on any atom is 0.311 e. The molecule has 0 radical (unpaired) electrons. The summed E-state index contributed by atoms with van der Waals surface area (Å²) in [7, 11) is 0. The second kappa shape index (κ2) is 5.10. The van der Waals surface area contributed by atoms with E-state index in [4.69, 9.17) is 16.9 Å². The summed E-state index contributed by atoms with van der Waals surface area (Å²) in [5.74, 6) is -0.739. The fraction of sp³-hybridized carbons (Fsp3) is 0.429. The van der Waals surface area contributed by atoms with Crippen LogP contribution in [-0.4, -0.2) is 24.2 Å². The predicted molar refractivity (Wildman–Crippen MR) is 73.4 cm³/mol. The highest BCUT2D eigenvalue weighted by molar-refractivity contribution is 6.32. The zero-order valence-electron chi connectivity index (χ0n) is 10.7. The van der Waals surface area contributed by atoms with Crippen LogP contribution in [0.2, 0.25) is 5.02 Å². The number of hydrogen-bond donors (Lipinski definition) is 1. The van der Waals surface area contributed by atoms with E-state index >= 15 is 0 Å². The molecular formula is C14H15ClN2O2. The summed E-state index contributed by atoms with van der Waals surface area (Å²) in [6, 6.07) is 7.23. The van der Waals surface area contributed by atoms with Crippen molar-refractivity contribution in [2.45, 2.75) is 19.8 Å². The third-order valence-corrected chi connectivity index (χ3v) is 4.24. The van der Waals surface area contributed by atoms with E-state index in [2.05, 4.69) is 0 Å². The molecule has 0 amide bonds. The third-order valence-electron chi connectivity index (χ3n) is 3.92. The lowest BCUT2D eigenvalue weighted by molar-refractivity contribution is -0.147. The van der Waals surface area contributed by atoms with Crippen LogP contribution in [0.5, 0.6) is 0 Å². The molecule has 4 nitrogen and oxygen atoms in total. The summed E-state index contributed by atoms with van der Waals surface area (Å²) in [5, 5.41) is 18.6. The molecule has 0 saturated carbocycles. The number of hydrogen-bond acceptors (Lipinski definition) is 3. The average molecular weight is 279 g/mol. The number of carboxylic acid groups (broad SMARTS) is 1. The van der Waals surface area contributed by atoms with E-state index < -0.39 is 11.4 Å². The smallest absolute Gasteiger partial charge is 0.311 e. The van der Waals surface area contributed by atoms with Gasteiger partial charge in [-0.25, -0.2) is 0 Å². The first-order valence-electron chi connectivity index (χ1n) is 6.20. The van der Waals surface area contributed by atoms with Gasteiger partial charge in [0.2, 0.25) is 0 Å². The van der Waals surface area contributed by atoms with Crippen molar-refractivity contribution >= 4 is 23.3 Å². The summed E-state index contributed by atoms with van der Waals surface area (Å²) in [5.41, 5.74) is 0.644. The second-order valence-corrected chi connectivity index (χ2v) is 5.29. The van der Waals surface area contributed by atoms with E-state index in [-0.39, 0.29) is 0 Å². The SMILES string of the molecule is CCC1(C(=O)O)CCN(c2ccc(C#N)c(Cl)c2)C1. The Labute approximate surface area is 117 Å². The molecule has 100 valence electrons. The van der Waals surface area contributed by atoms with E-state index in [0.717, 1.165) is 5.69 Å². The normalized spacial score (nSPS) is 22.3. The van der Waals surface area contributed by atoms with Crippen LogP contribution in [0.1, 0.15) is 25.3 Å². The van der Waals surface area contributed by atoms with E-state index in [0.29, 0.717) is 36.5 Å². The summed E-state index contributed by atoms with van der Waals surface area (Å²) in [4.78, 5) is 13.4. The Balaban J connectivity index is 2.24. The van der Waals surface area contributed by atoms with Gasteiger partial charge in [0.25, 0.3) is 0 Å². The molecule has 1 N–H and O–H groups in total. The highest BCUT2D eigenvalue weighted by Crippen LogP contribution is 2.37. The number of anilines is 1. The maximum atomic E-state index is 11.4. The van der Waals surface area contributed by atoms with Gasteiger partial charge in [-0.1, -0.05) is 18.5 Å². The number of halogens is 1. The van der Waals surface area contributed by atoms with Crippen LogP contribution >= 0.6 is 11.6 Å². The van der Waals surface area contributed by atoms with Crippen LogP contribution in [-0.2, 0) is 4.79 Å². The van der Waals surface area contributed by atoms with Gasteiger partial charge in [-0.15, -0.1) is 0 Å². The number of benzene rings is 1. The number of nitrogens with zero attached hydrogens (tertiary/aromatic N) is 2. The van der Waals surface area contributed by atoms with Crippen molar-refractivity contribution in [2.75, 3.05) is 18.0 Å². The molecule has 1 aromatic carbocycles. The largest absolute Gasteiger partial charge is 0.481 e. The molecule has 1 fully saturated rings. The number of aliphatic carboxylic acids is 1. The standard InChI is InChI=1S/C14H15ClN2O2/c1-2-14(13(18)19)5-6-17(9-14)11-4-3-10(8-16)12(15)7-11/h3-4,7H,2,5-6,9H2,1H3,(H,18,19). The molecule has 1 saturated heterocycles. The molecule has 0 aromatic heterocycles. The van der Waals surface area contributed by atoms with Gasteiger partial charge in [0.1, 0.15) is 6.07 Å². The van der Waals surface area contributed by atoms with Crippen LogP contribution in [0.3, 0.4) is 0 Å². The Kier molecular flexibility index (Phi) is 3.68. The predicted octanol–water partition coefficient (Wildman–Crippen LogP) is 2.90. The monoisotopic (exact) mass is 278 g/mol. The minimum absolute atomic E-state index is 0.407. The Hall–Kier alpha value is -1.73. The van der Waals surface area contributed by atoms with Crippen molar-refractivity contribution in [1.29, 1.82) is 5.26 Å². The first-order chi connectivity index (χ1) is 9.02. The molecule has 0 bridgehead atoms. The van der Waals surface area contributed by atoms with Gasteiger partial charge in [0.15, 0.2) is 0 Å². The Morgan fingerprint density at radius 3 is 2.84 bits per heavy atom. The van der Waals surface area contributed by atoms with Gasteiger partial charge < -0.3 is 10.0 Å². The van der Waals surface area contributed by atoms with Crippen LogP contribution in [0.25, 0.3) is 0 Å². The van der Waals surface area contributed by atoms with Gasteiger partial charge >= 0.3 is 5.97 Å². The number of nitriles is 1. The third kappa shape index (κ3) is 2.39.